The highest BCUT2D eigenvalue weighted by atomic mass is 16.3. The number of benzene rings is 3. The number of amides is 1. The van der Waals surface area contributed by atoms with Gasteiger partial charge in [-0.25, -0.2) is 0 Å². The van der Waals surface area contributed by atoms with E-state index in [-0.39, 0.29) is 17.4 Å². The van der Waals surface area contributed by atoms with Gasteiger partial charge in [0.15, 0.2) is 11.0 Å². The lowest BCUT2D eigenvalue weighted by Gasteiger charge is -2.25. The van der Waals surface area contributed by atoms with Crippen LogP contribution in [0.2, 0.25) is 0 Å². The van der Waals surface area contributed by atoms with E-state index < -0.39 is 0 Å². The summed E-state index contributed by atoms with van der Waals surface area (Å²) in [5.74, 6) is 0.232. The van der Waals surface area contributed by atoms with Crippen molar-refractivity contribution in [2.24, 2.45) is 0 Å². The number of hydrogen-bond donors (Lipinski definition) is 1. The second-order valence-electron chi connectivity index (χ2n) is 8.45. The van der Waals surface area contributed by atoms with E-state index in [1.807, 2.05) is 62.6 Å². The molecule has 0 spiro atoms. The SMILES string of the molecule is Cc1c(-c2ccccc2)oc2c(C(=O)NCC(Cc3ccccc3)N(C)C)cccc2c1=O. The van der Waals surface area contributed by atoms with Gasteiger partial charge < -0.3 is 14.6 Å². The van der Waals surface area contributed by atoms with E-state index in [2.05, 4.69) is 22.3 Å². The Morgan fingerprint density at radius 3 is 2.27 bits per heavy atom. The van der Waals surface area contributed by atoms with E-state index in [9.17, 15) is 9.59 Å². The molecule has 1 heterocycles. The van der Waals surface area contributed by atoms with Gasteiger partial charge in [-0.1, -0.05) is 66.7 Å². The molecule has 0 aliphatic rings. The van der Waals surface area contributed by atoms with Crippen LogP contribution in [-0.2, 0) is 6.42 Å². The lowest BCUT2D eigenvalue weighted by molar-refractivity contribution is 0.0942. The maximum absolute atomic E-state index is 13.2. The van der Waals surface area contributed by atoms with Crippen LogP contribution in [0.15, 0.2) is 88.1 Å². The molecule has 4 rings (SSSR count). The quantitative estimate of drug-likeness (QED) is 0.454. The second-order valence-corrected chi connectivity index (χ2v) is 8.45. The minimum atomic E-state index is -0.258. The van der Waals surface area contributed by atoms with Crippen molar-refractivity contribution in [3.8, 4) is 11.3 Å². The number of rotatable bonds is 7. The lowest BCUT2D eigenvalue weighted by Crippen LogP contribution is -2.41. The van der Waals surface area contributed by atoms with Gasteiger partial charge >= 0.3 is 0 Å². The third-order valence-electron chi connectivity index (χ3n) is 5.97. The highest BCUT2D eigenvalue weighted by molar-refractivity contribution is 6.05. The zero-order valence-electron chi connectivity index (χ0n) is 19.2. The normalized spacial score (nSPS) is 12.1. The first-order valence-corrected chi connectivity index (χ1v) is 11.1. The van der Waals surface area contributed by atoms with E-state index >= 15 is 0 Å². The summed E-state index contributed by atoms with van der Waals surface area (Å²) in [5.41, 5.74) is 3.10. The van der Waals surface area contributed by atoms with Gasteiger partial charge in [0.2, 0.25) is 0 Å². The van der Waals surface area contributed by atoms with Gasteiger partial charge in [-0.15, -0.1) is 0 Å². The van der Waals surface area contributed by atoms with Crippen molar-refractivity contribution < 1.29 is 9.21 Å². The molecule has 168 valence electrons. The predicted octanol–water partition coefficient (Wildman–Crippen LogP) is 4.67. The Morgan fingerprint density at radius 2 is 1.61 bits per heavy atom. The summed E-state index contributed by atoms with van der Waals surface area (Å²) in [7, 11) is 4.01. The Balaban J connectivity index is 1.64. The summed E-state index contributed by atoms with van der Waals surface area (Å²) in [4.78, 5) is 28.4. The molecule has 0 radical (unpaired) electrons. The van der Waals surface area contributed by atoms with Crippen LogP contribution in [0.3, 0.4) is 0 Å². The summed E-state index contributed by atoms with van der Waals surface area (Å²) < 4.78 is 6.19. The van der Waals surface area contributed by atoms with Crippen LogP contribution in [0.25, 0.3) is 22.3 Å². The fourth-order valence-electron chi connectivity index (χ4n) is 3.98. The minimum absolute atomic E-state index is 0.125. The van der Waals surface area contributed by atoms with Gasteiger partial charge in [-0.2, -0.15) is 0 Å². The third kappa shape index (κ3) is 4.89. The molecule has 0 fully saturated rings. The molecule has 0 aliphatic heterocycles. The molecule has 4 aromatic rings. The van der Waals surface area contributed by atoms with Crippen molar-refractivity contribution in [1.29, 1.82) is 0 Å². The molecule has 0 bridgehead atoms. The van der Waals surface area contributed by atoms with Gasteiger partial charge in [0, 0.05) is 23.7 Å². The molecule has 1 amide bonds. The van der Waals surface area contributed by atoms with Gasteiger partial charge in [0.25, 0.3) is 5.91 Å². The molecule has 1 atom stereocenters. The van der Waals surface area contributed by atoms with Gasteiger partial charge in [0.1, 0.15) is 5.76 Å². The number of likely N-dealkylation sites (N-methyl/N-ethyl adjacent to an activating group) is 1. The molecule has 3 aromatic carbocycles. The smallest absolute Gasteiger partial charge is 0.255 e. The molecule has 0 aliphatic carbocycles. The van der Waals surface area contributed by atoms with Crippen molar-refractivity contribution in [3.05, 3.63) is 106 Å². The maximum Gasteiger partial charge on any atom is 0.255 e. The van der Waals surface area contributed by atoms with Crippen LogP contribution < -0.4 is 10.7 Å². The molecular weight excluding hydrogens is 412 g/mol. The van der Waals surface area contributed by atoms with Crippen molar-refractivity contribution in [2.75, 3.05) is 20.6 Å². The number of carbonyl (C=O) groups excluding carboxylic acids is 1. The van der Waals surface area contributed by atoms with E-state index in [1.54, 1.807) is 25.1 Å². The molecule has 1 aromatic heterocycles. The first kappa shape index (κ1) is 22.5. The Kier molecular flexibility index (Phi) is 6.71. The Morgan fingerprint density at radius 1 is 0.939 bits per heavy atom. The fraction of sp³-hybridized carbons (Fsp3) is 0.214. The molecule has 1 N–H and O–H groups in total. The molecular formula is C28H28N2O3. The van der Waals surface area contributed by atoms with Gasteiger partial charge in [-0.3, -0.25) is 9.59 Å². The average Bonchev–Trinajstić information content (AvgIpc) is 2.84. The van der Waals surface area contributed by atoms with Crippen LogP contribution in [0.1, 0.15) is 21.5 Å². The van der Waals surface area contributed by atoms with Crippen LogP contribution in [0.5, 0.6) is 0 Å². The zero-order valence-corrected chi connectivity index (χ0v) is 19.2. The summed E-state index contributed by atoms with van der Waals surface area (Å²) in [6, 6.07) is 25.0. The van der Waals surface area contributed by atoms with Crippen molar-refractivity contribution >= 4 is 16.9 Å². The molecule has 5 nitrogen and oxygen atoms in total. The largest absolute Gasteiger partial charge is 0.455 e. The monoisotopic (exact) mass is 440 g/mol. The number of nitrogens with one attached hydrogen (secondary N) is 1. The van der Waals surface area contributed by atoms with Crippen molar-refractivity contribution in [1.82, 2.24) is 10.2 Å². The molecule has 1 unspecified atom stereocenters. The van der Waals surface area contributed by atoms with Gasteiger partial charge in [-0.05, 0) is 45.1 Å². The van der Waals surface area contributed by atoms with Crippen LogP contribution >= 0.6 is 0 Å². The highest BCUT2D eigenvalue weighted by Crippen LogP contribution is 2.27. The number of fused-ring (bicyclic) bond motifs is 1. The first-order chi connectivity index (χ1) is 16.0. The number of para-hydroxylation sites is 1. The van der Waals surface area contributed by atoms with Crippen molar-refractivity contribution in [3.63, 3.8) is 0 Å². The summed E-state index contributed by atoms with van der Waals surface area (Å²) in [6.07, 6.45) is 0.816. The van der Waals surface area contributed by atoms with E-state index in [1.165, 1.54) is 5.56 Å². The number of carbonyl (C=O) groups is 1. The lowest BCUT2D eigenvalue weighted by atomic mass is 10.0. The topological polar surface area (TPSA) is 62.6 Å². The molecule has 5 heteroatoms. The van der Waals surface area contributed by atoms with E-state index in [0.717, 1.165) is 12.0 Å². The van der Waals surface area contributed by atoms with Crippen LogP contribution in [0, 0.1) is 6.92 Å². The summed E-state index contributed by atoms with van der Waals surface area (Å²) in [6.45, 7) is 2.23. The highest BCUT2D eigenvalue weighted by Gasteiger charge is 2.20. The summed E-state index contributed by atoms with van der Waals surface area (Å²) in [5, 5.41) is 3.45. The van der Waals surface area contributed by atoms with Crippen LogP contribution in [-0.4, -0.2) is 37.5 Å². The van der Waals surface area contributed by atoms with Crippen LogP contribution in [0.4, 0.5) is 0 Å². The van der Waals surface area contributed by atoms with E-state index in [4.69, 9.17) is 4.42 Å². The minimum Gasteiger partial charge on any atom is -0.455 e. The zero-order chi connectivity index (χ0) is 23.4. The summed E-state index contributed by atoms with van der Waals surface area (Å²) >= 11 is 0. The Bertz CT molecular complexity index is 1310. The molecule has 33 heavy (non-hydrogen) atoms. The number of hydrogen-bond acceptors (Lipinski definition) is 4. The standard InChI is InChI=1S/C28H28N2O3/c1-19-25(31)23-15-10-16-24(27(23)33-26(19)21-13-8-5-9-14-21)28(32)29-18-22(30(2)3)17-20-11-6-4-7-12-20/h4-16,22H,17-18H2,1-3H3,(H,29,32). The van der Waals surface area contributed by atoms with Crippen molar-refractivity contribution in [2.45, 2.75) is 19.4 Å². The fourth-order valence-corrected chi connectivity index (χ4v) is 3.98. The third-order valence-corrected chi connectivity index (χ3v) is 5.97. The predicted molar refractivity (Wildman–Crippen MR) is 133 cm³/mol. The molecule has 0 saturated carbocycles. The number of nitrogens with zero attached hydrogens (tertiary/aromatic N) is 1. The first-order valence-electron chi connectivity index (χ1n) is 11.1. The molecule has 0 saturated heterocycles. The Labute approximate surface area is 193 Å². The average molecular weight is 441 g/mol. The maximum atomic E-state index is 13.2. The second kappa shape index (κ2) is 9.84. The van der Waals surface area contributed by atoms with Gasteiger partial charge in [0.05, 0.1) is 10.9 Å². The Hall–Kier alpha value is -3.70. The van der Waals surface area contributed by atoms with E-state index in [0.29, 0.717) is 34.4 Å².